The molecular weight excluding hydrogens is 328 g/mol. The van der Waals surface area contributed by atoms with Crippen molar-refractivity contribution < 1.29 is 19.1 Å². The molecule has 0 rings (SSSR count). The smallest absolute Gasteiger partial charge is 0.417 e. The van der Waals surface area contributed by atoms with Gasteiger partial charge in [-0.1, -0.05) is 91.9 Å². The van der Waals surface area contributed by atoms with Gasteiger partial charge in [0.05, 0.1) is 13.2 Å². The van der Waals surface area contributed by atoms with Crippen molar-refractivity contribution in [2.45, 2.75) is 105 Å². The monoisotopic (exact) mass is 370 g/mol. The quantitative estimate of drug-likeness (QED) is 0.188. The Morgan fingerprint density at radius 1 is 0.615 bits per heavy atom. The lowest BCUT2D eigenvalue weighted by Crippen LogP contribution is -2.21. The molecule has 0 aromatic heterocycles. The topological polar surface area (TPSA) is 52.6 Å². The lowest BCUT2D eigenvalue weighted by Gasteiger charge is -2.08. The summed E-state index contributed by atoms with van der Waals surface area (Å²) in [6, 6.07) is 0. The summed E-state index contributed by atoms with van der Waals surface area (Å²) < 4.78 is 9.95. The first-order chi connectivity index (χ1) is 12.5. The van der Waals surface area contributed by atoms with Crippen molar-refractivity contribution in [2.24, 2.45) is 11.8 Å². The van der Waals surface area contributed by atoms with E-state index in [1.807, 2.05) is 0 Å². The number of rotatable bonds is 16. The number of carbonyl (C=O) groups excluding carboxylic acids is 2. The van der Waals surface area contributed by atoms with Gasteiger partial charge in [-0.3, -0.25) is 0 Å². The van der Waals surface area contributed by atoms with Crippen LogP contribution in [0.15, 0.2) is 0 Å². The zero-order chi connectivity index (χ0) is 19.6. The van der Waals surface area contributed by atoms with Crippen molar-refractivity contribution >= 4 is 11.9 Å². The molecule has 2 unspecified atom stereocenters. The normalized spacial score (nSPS) is 13.2. The van der Waals surface area contributed by atoms with Gasteiger partial charge in [0, 0.05) is 0 Å². The second-order valence-electron chi connectivity index (χ2n) is 7.70. The van der Waals surface area contributed by atoms with Crippen LogP contribution in [0, 0.1) is 11.8 Å². The lowest BCUT2D eigenvalue weighted by molar-refractivity contribution is -0.167. The van der Waals surface area contributed by atoms with E-state index in [9.17, 15) is 9.59 Å². The first kappa shape index (κ1) is 24.9. The molecule has 0 heterocycles. The van der Waals surface area contributed by atoms with Crippen molar-refractivity contribution in [2.75, 3.05) is 13.2 Å². The molecule has 26 heavy (non-hydrogen) atoms. The van der Waals surface area contributed by atoms with Crippen LogP contribution in [0.1, 0.15) is 105 Å². The third-order valence-electron chi connectivity index (χ3n) is 5.21. The van der Waals surface area contributed by atoms with E-state index in [1.54, 1.807) is 0 Å². The van der Waals surface area contributed by atoms with Crippen molar-refractivity contribution in [3.05, 3.63) is 0 Å². The molecule has 0 bridgehead atoms. The average Bonchev–Trinajstić information content (AvgIpc) is 2.65. The number of hydrogen-bond acceptors (Lipinski definition) is 4. The van der Waals surface area contributed by atoms with Gasteiger partial charge < -0.3 is 9.47 Å². The Morgan fingerprint density at radius 3 is 1.31 bits per heavy atom. The van der Waals surface area contributed by atoms with Gasteiger partial charge in [-0.05, 0) is 24.7 Å². The van der Waals surface area contributed by atoms with Gasteiger partial charge in [-0.15, -0.1) is 0 Å². The Bertz CT molecular complexity index is 320. The van der Waals surface area contributed by atoms with Crippen LogP contribution in [0.3, 0.4) is 0 Å². The Morgan fingerprint density at radius 2 is 0.962 bits per heavy atom. The van der Waals surface area contributed by atoms with Crippen LogP contribution in [-0.4, -0.2) is 25.2 Å². The summed E-state index contributed by atoms with van der Waals surface area (Å²) in [7, 11) is 0. The molecule has 0 spiro atoms. The molecule has 0 saturated carbocycles. The average molecular weight is 371 g/mol. The fourth-order valence-electron chi connectivity index (χ4n) is 2.75. The highest BCUT2D eigenvalue weighted by molar-refractivity contribution is 6.29. The summed E-state index contributed by atoms with van der Waals surface area (Å²) in [6.07, 6.45) is 13.5. The van der Waals surface area contributed by atoms with Crippen LogP contribution < -0.4 is 0 Å². The standard InChI is InChI=1S/C22H42O4/c1-5-19(3)15-11-7-9-13-17-25-21(23)22(24)26-18-14-10-8-12-16-20(4)6-2/h19-20H,5-18H2,1-4H3. The maximum absolute atomic E-state index is 11.5. The predicted octanol–water partition coefficient (Wildman–Crippen LogP) is 6.07. The third kappa shape index (κ3) is 15.2. The van der Waals surface area contributed by atoms with Crippen LogP contribution in [0.5, 0.6) is 0 Å². The largest absolute Gasteiger partial charge is 0.457 e. The summed E-state index contributed by atoms with van der Waals surface area (Å²) in [6.45, 7) is 9.62. The van der Waals surface area contributed by atoms with Crippen LogP contribution in [0.4, 0.5) is 0 Å². The SMILES string of the molecule is CCC(C)CCCCCCOC(=O)C(=O)OCCCCCCC(C)CC. The fourth-order valence-corrected chi connectivity index (χ4v) is 2.75. The molecule has 4 heteroatoms. The molecule has 0 fully saturated rings. The summed E-state index contributed by atoms with van der Waals surface area (Å²) in [5.74, 6) is -0.104. The van der Waals surface area contributed by atoms with Gasteiger partial charge in [0.1, 0.15) is 0 Å². The van der Waals surface area contributed by atoms with E-state index in [0.717, 1.165) is 50.4 Å². The molecule has 2 atom stereocenters. The van der Waals surface area contributed by atoms with Crippen LogP contribution in [0.2, 0.25) is 0 Å². The minimum absolute atomic E-state index is 0.312. The second-order valence-corrected chi connectivity index (χ2v) is 7.70. The third-order valence-corrected chi connectivity index (χ3v) is 5.21. The highest BCUT2D eigenvalue weighted by Crippen LogP contribution is 2.14. The molecular formula is C22H42O4. The van der Waals surface area contributed by atoms with Crippen molar-refractivity contribution in [1.82, 2.24) is 0 Å². The maximum atomic E-state index is 11.5. The molecule has 0 saturated heterocycles. The van der Waals surface area contributed by atoms with Crippen LogP contribution in [0.25, 0.3) is 0 Å². The van der Waals surface area contributed by atoms with Gasteiger partial charge in [0.2, 0.25) is 0 Å². The van der Waals surface area contributed by atoms with Gasteiger partial charge in [-0.2, -0.15) is 0 Å². The van der Waals surface area contributed by atoms with E-state index < -0.39 is 11.9 Å². The van der Waals surface area contributed by atoms with Gasteiger partial charge in [0.25, 0.3) is 0 Å². The molecule has 0 aliphatic rings. The molecule has 0 aromatic rings. The van der Waals surface area contributed by atoms with Gasteiger partial charge >= 0.3 is 11.9 Å². The van der Waals surface area contributed by atoms with Crippen molar-refractivity contribution in [3.8, 4) is 0 Å². The fraction of sp³-hybridized carbons (Fsp3) is 0.909. The van der Waals surface area contributed by atoms with E-state index in [4.69, 9.17) is 9.47 Å². The highest BCUT2D eigenvalue weighted by Gasteiger charge is 2.16. The zero-order valence-electron chi connectivity index (χ0n) is 17.7. The second kappa shape index (κ2) is 17.4. The Balaban J connectivity index is 3.45. The summed E-state index contributed by atoms with van der Waals surface area (Å²) in [5, 5.41) is 0. The van der Waals surface area contributed by atoms with Gasteiger partial charge in [0.15, 0.2) is 0 Å². The van der Waals surface area contributed by atoms with E-state index in [1.165, 1.54) is 38.5 Å². The molecule has 0 N–H and O–H groups in total. The Kier molecular flexibility index (Phi) is 16.7. The number of ether oxygens (including phenoxy) is 2. The summed E-state index contributed by atoms with van der Waals surface area (Å²) in [5.41, 5.74) is 0. The number of esters is 2. The molecule has 0 aliphatic carbocycles. The van der Waals surface area contributed by atoms with E-state index in [-0.39, 0.29) is 0 Å². The number of unbranched alkanes of at least 4 members (excludes halogenated alkanes) is 6. The first-order valence-corrected chi connectivity index (χ1v) is 10.8. The van der Waals surface area contributed by atoms with Crippen molar-refractivity contribution in [1.29, 1.82) is 0 Å². The minimum atomic E-state index is -0.846. The lowest BCUT2D eigenvalue weighted by atomic mass is 10.0. The molecule has 154 valence electrons. The number of hydrogen-bond donors (Lipinski definition) is 0. The van der Waals surface area contributed by atoms with E-state index in [2.05, 4.69) is 27.7 Å². The van der Waals surface area contributed by atoms with E-state index in [0.29, 0.717) is 13.2 Å². The van der Waals surface area contributed by atoms with Crippen LogP contribution in [-0.2, 0) is 19.1 Å². The molecule has 0 amide bonds. The summed E-state index contributed by atoms with van der Waals surface area (Å²) in [4.78, 5) is 23.1. The maximum Gasteiger partial charge on any atom is 0.417 e. The predicted molar refractivity (Wildman–Crippen MR) is 107 cm³/mol. The highest BCUT2D eigenvalue weighted by atomic mass is 16.6. The number of carbonyl (C=O) groups is 2. The summed E-state index contributed by atoms with van der Waals surface area (Å²) >= 11 is 0. The molecule has 0 radical (unpaired) electrons. The molecule has 0 aliphatic heterocycles. The Hall–Kier alpha value is -1.06. The molecule has 4 nitrogen and oxygen atoms in total. The molecule has 0 aromatic carbocycles. The van der Waals surface area contributed by atoms with Crippen LogP contribution >= 0.6 is 0 Å². The van der Waals surface area contributed by atoms with Gasteiger partial charge in [-0.25, -0.2) is 9.59 Å². The first-order valence-electron chi connectivity index (χ1n) is 10.8. The Labute approximate surface area is 161 Å². The van der Waals surface area contributed by atoms with E-state index >= 15 is 0 Å². The minimum Gasteiger partial charge on any atom is -0.457 e. The zero-order valence-corrected chi connectivity index (χ0v) is 17.7. The van der Waals surface area contributed by atoms with Crippen molar-refractivity contribution in [3.63, 3.8) is 0 Å².